The van der Waals surface area contributed by atoms with Crippen LogP contribution < -0.4 is 0 Å². The van der Waals surface area contributed by atoms with E-state index in [1.165, 1.54) is 7.11 Å². The molecule has 28 heavy (non-hydrogen) atoms. The Morgan fingerprint density at radius 1 is 1.39 bits per heavy atom. The number of Topliss-reactive ketones (excluding diaryl/α,β-unsaturated/α-hetero) is 1. The molecule has 3 aliphatic carbocycles. The van der Waals surface area contributed by atoms with Gasteiger partial charge < -0.3 is 19.7 Å². The third-order valence-corrected chi connectivity index (χ3v) is 6.81. The summed E-state index contributed by atoms with van der Waals surface area (Å²) in [4.78, 5) is 38.7. The molecule has 0 spiro atoms. The SMILES string of the molecule is C=C(C)[C@@H]1CC(O)=C(C(=O)OC)C2C(=O)C3C4C(=CC21)C(=O)O[C@@H]4C[C@]3(C)O. The van der Waals surface area contributed by atoms with E-state index in [1.807, 2.05) is 0 Å². The Kier molecular flexibility index (Phi) is 4.08. The summed E-state index contributed by atoms with van der Waals surface area (Å²) in [6.07, 6.45) is 1.43. The lowest BCUT2D eigenvalue weighted by Crippen LogP contribution is -2.45. The van der Waals surface area contributed by atoms with E-state index in [9.17, 15) is 24.6 Å². The Bertz CT molecular complexity index is 862. The number of hydrogen-bond donors (Lipinski definition) is 2. The summed E-state index contributed by atoms with van der Waals surface area (Å²) in [5.74, 6) is -5.16. The molecule has 0 amide bonds. The van der Waals surface area contributed by atoms with Crippen molar-refractivity contribution in [3.05, 3.63) is 35.1 Å². The molecule has 2 N–H and O–H groups in total. The molecule has 0 aromatic carbocycles. The number of methoxy groups -OCH3 is 1. The van der Waals surface area contributed by atoms with E-state index >= 15 is 0 Å². The van der Waals surface area contributed by atoms with Crippen molar-refractivity contribution in [2.24, 2.45) is 29.6 Å². The molecular weight excluding hydrogens is 364 g/mol. The predicted molar refractivity (Wildman–Crippen MR) is 96.8 cm³/mol. The number of fused-ring (bicyclic) bond motifs is 1. The first-order valence-corrected chi connectivity index (χ1v) is 9.43. The van der Waals surface area contributed by atoms with Gasteiger partial charge in [-0.25, -0.2) is 9.59 Å². The van der Waals surface area contributed by atoms with Crippen molar-refractivity contribution < 1.29 is 34.1 Å². The van der Waals surface area contributed by atoms with E-state index in [2.05, 4.69) is 6.58 Å². The number of hydrogen-bond acceptors (Lipinski definition) is 7. The molecule has 150 valence electrons. The maximum Gasteiger partial charge on any atom is 0.337 e. The Morgan fingerprint density at radius 2 is 2.07 bits per heavy atom. The molecular formula is C21H24O7. The van der Waals surface area contributed by atoms with Crippen LogP contribution in [0.4, 0.5) is 0 Å². The van der Waals surface area contributed by atoms with Gasteiger partial charge in [-0.15, -0.1) is 0 Å². The first-order valence-electron chi connectivity index (χ1n) is 9.43. The molecule has 0 aromatic rings. The first-order chi connectivity index (χ1) is 13.1. The Morgan fingerprint density at radius 3 is 2.68 bits per heavy atom. The monoisotopic (exact) mass is 388 g/mol. The quantitative estimate of drug-likeness (QED) is 0.546. The Labute approximate surface area is 162 Å². The van der Waals surface area contributed by atoms with Gasteiger partial charge in [0.15, 0.2) is 0 Å². The fourth-order valence-electron chi connectivity index (χ4n) is 5.62. The van der Waals surface area contributed by atoms with Gasteiger partial charge in [0.1, 0.15) is 17.6 Å². The average molecular weight is 388 g/mol. The lowest BCUT2D eigenvalue weighted by Gasteiger charge is -2.38. The van der Waals surface area contributed by atoms with Crippen LogP contribution in [0.15, 0.2) is 35.1 Å². The van der Waals surface area contributed by atoms with Crippen molar-refractivity contribution in [2.75, 3.05) is 7.11 Å². The van der Waals surface area contributed by atoms with E-state index in [0.717, 1.165) is 5.57 Å². The molecule has 7 heteroatoms. The summed E-state index contributed by atoms with van der Waals surface area (Å²) in [6.45, 7) is 7.32. The van der Waals surface area contributed by atoms with Crippen molar-refractivity contribution in [3.63, 3.8) is 0 Å². The zero-order valence-electron chi connectivity index (χ0n) is 16.1. The van der Waals surface area contributed by atoms with Crippen molar-refractivity contribution >= 4 is 17.7 Å². The van der Waals surface area contributed by atoms with Gasteiger partial charge in [0, 0.05) is 24.3 Å². The first kappa shape index (κ1) is 18.9. The summed E-state index contributed by atoms with van der Waals surface area (Å²) >= 11 is 0. The molecule has 2 fully saturated rings. The summed E-state index contributed by atoms with van der Waals surface area (Å²) in [5, 5.41) is 21.6. The van der Waals surface area contributed by atoms with Crippen LogP contribution in [0, 0.1) is 29.6 Å². The maximum atomic E-state index is 13.7. The average Bonchev–Trinajstić information content (AvgIpc) is 2.96. The Balaban J connectivity index is 1.95. The van der Waals surface area contributed by atoms with Gasteiger partial charge in [0.25, 0.3) is 0 Å². The number of aliphatic hydroxyl groups excluding tert-OH is 1. The number of carbonyl (C=O) groups is 3. The Hall–Kier alpha value is -2.41. The fourth-order valence-corrected chi connectivity index (χ4v) is 5.62. The van der Waals surface area contributed by atoms with Crippen LogP contribution in [0.5, 0.6) is 0 Å². The normalized spacial score (nSPS) is 41.6. The highest BCUT2D eigenvalue weighted by atomic mass is 16.6. The van der Waals surface area contributed by atoms with Crippen LogP contribution in [0.1, 0.15) is 26.7 Å². The smallest absolute Gasteiger partial charge is 0.337 e. The molecule has 7 atom stereocenters. The van der Waals surface area contributed by atoms with Crippen molar-refractivity contribution in [2.45, 2.75) is 38.4 Å². The number of aliphatic hydroxyl groups is 2. The highest BCUT2D eigenvalue weighted by Crippen LogP contribution is 2.56. The number of carbonyl (C=O) groups excluding carboxylic acids is 3. The standard InChI is InChI=1S/C21H24O7/c1-8(2)9-6-12(22)16(20(25)27-4)15-10(9)5-11-14-13(28-19(11)24)7-21(3,26)17(14)18(15)23/h5,9-10,13-15,17,22,26H,1,6-7H2,2-4H3/t9-,10?,13+,14?,15?,17?,21-/m0/s1. The molecule has 0 aromatic heterocycles. The van der Waals surface area contributed by atoms with Crippen molar-refractivity contribution in [1.82, 2.24) is 0 Å². The van der Waals surface area contributed by atoms with Gasteiger partial charge in [-0.3, -0.25) is 4.79 Å². The van der Waals surface area contributed by atoms with Gasteiger partial charge in [-0.05, 0) is 25.7 Å². The van der Waals surface area contributed by atoms with Crippen LogP contribution in [0.3, 0.4) is 0 Å². The second-order valence-corrected chi connectivity index (χ2v) is 8.60. The lowest BCUT2D eigenvalue weighted by molar-refractivity contribution is -0.143. The van der Waals surface area contributed by atoms with E-state index in [4.69, 9.17) is 9.47 Å². The molecule has 1 aliphatic heterocycles. The van der Waals surface area contributed by atoms with Gasteiger partial charge in [-0.1, -0.05) is 18.2 Å². The van der Waals surface area contributed by atoms with E-state index < -0.39 is 47.3 Å². The fraction of sp³-hybridized carbons (Fsp3) is 0.571. The maximum absolute atomic E-state index is 13.7. The number of esters is 2. The molecule has 1 saturated heterocycles. The molecule has 7 nitrogen and oxygen atoms in total. The zero-order valence-corrected chi connectivity index (χ0v) is 16.1. The van der Waals surface area contributed by atoms with Gasteiger partial charge >= 0.3 is 11.9 Å². The van der Waals surface area contributed by atoms with Gasteiger partial charge in [0.2, 0.25) is 0 Å². The molecule has 4 aliphatic rings. The predicted octanol–water partition coefficient (Wildman–Crippen LogP) is 1.62. The second-order valence-electron chi connectivity index (χ2n) is 8.60. The minimum atomic E-state index is -1.38. The molecule has 1 saturated carbocycles. The number of ketones is 1. The minimum absolute atomic E-state index is 0.0839. The second kappa shape index (κ2) is 6.04. The number of allylic oxidation sites excluding steroid dienone is 3. The number of ether oxygens (including phenoxy) is 2. The summed E-state index contributed by atoms with van der Waals surface area (Å²) in [5.41, 5.74) is -0.351. The molecule has 4 rings (SSSR count). The highest BCUT2D eigenvalue weighted by molar-refractivity contribution is 6.03. The van der Waals surface area contributed by atoms with Crippen LogP contribution in [-0.4, -0.2) is 46.7 Å². The topological polar surface area (TPSA) is 110 Å². The van der Waals surface area contributed by atoms with Crippen LogP contribution in [0.2, 0.25) is 0 Å². The van der Waals surface area contributed by atoms with E-state index in [1.54, 1.807) is 19.9 Å². The van der Waals surface area contributed by atoms with Crippen LogP contribution in [0.25, 0.3) is 0 Å². The largest absolute Gasteiger partial charge is 0.512 e. The summed E-state index contributed by atoms with van der Waals surface area (Å²) in [6, 6.07) is 0. The van der Waals surface area contributed by atoms with E-state index in [-0.39, 0.29) is 35.9 Å². The number of rotatable bonds is 2. The molecule has 0 bridgehead atoms. The minimum Gasteiger partial charge on any atom is -0.512 e. The molecule has 1 heterocycles. The van der Waals surface area contributed by atoms with E-state index in [0.29, 0.717) is 5.57 Å². The summed E-state index contributed by atoms with van der Waals surface area (Å²) < 4.78 is 10.3. The summed E-state index contributed by atoms with van der Waals surface area (Å²) in [7, 11) is 1.19. The van der Waals surface area contributed by atoms with Crippen molar-refractivity contribution in [1.29, 1.82) is 0 Å². The third-order valence-electron chi connectivity index (χ3n) is 6.81. The van der Waals surface area contributed by atoms with Gasteiger partial charge in [0.05, 0.1) is 30.1 Å². The zero-order chi connectivity index (χ0) is 20.5. The lowest BCUT2D eigenvalue weighted by atomic mass is 9.65. The van der Waals surface area contributed by atoms with Crippen LogP contribution >= 0.6 is 0 Å². The van der Waals surface area contributed by atoms with Crippen molar-refractivity contribution in [3.8, 4) is 0 Å². The highest BCUT2D eigenvalue weighted by Gasteiger charge is 2.64. The third kappa shape index (κ3) is 2.42. The van der Waals surface area contributed by atoms with Crippen LogP contribution in [-0.2, 0) is 23.9 Å². The molecule has 0 radical (unpaired) electrons. The van der Waals surface area contributed by atoms with Gasteiger partial charge in [-0.2, -0.15) is 0 Å². The molecule has 4 unspecified atom stereocenters.